The standard InChI is InChI=1S/C18H23N5S/c1-13(2)10-23-17(19-12-20-23)11-22-9-5-7-15(22)18-21-14-6-3-4-8-16(14)24-18/h3-4,6,8,12-13,15H,5,7,9-11H2,1-2H3. The summed E-state index contributed by atoms with van der Waals surface area (Å²) in [6.45, 7) is 7.31. The van der Waals surface area contributed by atoms with E-state index in [-0.39, 0.29) is 0 Å². The van der Waals surface area contributed by atoms with Gasteiger partial charge in [-0.3, -0.25) is 4.90 Å². The van der Waals surface area contributed by atoms with E-state index in [0.29, 0.717) is 12.0 Å². The van der Waals surface area contributed by atoms with E-state index in [1.807, 2.05) is 11.3 Å². The van der Waals surface area contributed by atoms with E-state index in [0.717, 1.165) is 31.0 Å². The topological polar surface area (TPSA) is 46.8 Å². The Kier molecular flexibility index (Phi) is 4.33. The van der Waals surface area contributed by atoms with Crippen LogP contribution in [0.3, 0.4) is 0 Å². The first kappa shape index (κ1) is 15.7. The maximum atomic E-state index is 4.88. The Morgan fingerprint density at radius 3 is 3.00 bits per heavy atom. The minimum absolute atomic E-state index is 0.409. The van der Waals surface area contributed by atoms with E-state index in [4.69, 9.17) is 4.98 Å². The highest BCUT2D eigenvalue weighted by Gasteiger charge is 2.29. The maximum Gasteiger partial charge on any atom is 0.141 e. The predicted octanol–water partition coefficient (Wildman–Crippen LogP) is 3.88. The van der Waals surface area contributed by atoms with Crippen molar-refractivity contribution < 1.29 is 0 Å². The monoisotopic (exact) mass is 341 g/mol. The van der Waals surface area contributed by atoms with Crippen LogP contribution in [0.15, 0.2) is 30.6 Å². The van der Waals surface area contributed by atoms with Crippen LogP contribution in [0, 0.1) is 5.92 Å². The molecule has 126 valence electrons. The molecule has 6 heteroatoms. The Labute approximate surface area is 146 Å². The molecule has 0 radical (unpaired) electrons. The van der Waals surface area contributed by atoms with Gasteiger partial charge in [0.05, 0.1) is 22.8 Å². The number of fused-ring (bicyclic) bond motifs is 1. The lowest BCUT2D eigenvalue weighted by molar-refractivity contribution is 0.235. The van der Waals surface area contributed by atoms with E-state index in [1.54, 1.807) is 6.33 Å². The average molecular weight is 341 g/mol. The number of nitrogens with zero attached hydrogens (tertiary/aromatic N) is 5. The third-order valence-electron chi connectivity index (χ3n) is 4.54. The molecule has 0 saturated carbocycles. The first-order valence-electron chi connectivity index (χ1n) is 8.67. The number of hydrogen-bond donors (Lipinski definition) is 0. The lowest BCUT2D eigenvalue weighted by Gasteiger charge is -2.22. The van der Waals surface area contributed by atoms with Gasteiger partial charge in [-0.2, -0.15) is 5.10 Å². The van der Waals surface area contributed by atoms with Gasteiger partial charge in [0.15, 0.2) is 0 Å². The highest BCUT2D eigenvalue weighted by atomic mass is 32.1. The fourth-order valence-electron chi connectivity index (χ4n) is 3.42. The Bertz CT molecular complexity index is 789. The molecule has 2 aromatic heterocycles. The summed E-state index contributed by atoms with van der Waals surface area (Å²) in [4.78, 5) is 11.9. The van der Waals surface area contributed by atoms with Crippen LogP contribution in [0.5, 0.6) is 0 Å². The summed E-state index contributed by atoms with van der Waals surface area (Å²) in [5, 5.41) is 5.64. The normalized spacial score (nSPS) is 18.9. The van der Waals surface area contributed by atoms with Gasteiger partial charge in [0.1, 0.15) is 17.2 Å². The molecule has 1 atom stereocenters. The number of rotatable bonds is 5. The Hall–Kier alpha value is -1.79. The minimum atomic E-state index is 0.409. The summed E-state index contributed by atoms with van der Waals surface area (Å²) in [6, 6.07) is 8.83. The number of aromatic nitrogens is 4. The second-order valence-corrected chi connectivity index (χ2v) is 7.96. The van der Waals surface area contributed by atoms with Crippen LogP contribution in [0.1, 0.15) is 43.6 Å². The molecule has 1 aliphatic rings. The molecule has 1 unspecified atom stereocenters. The molecule has 5 nitrogen and oxygen atoms in total. The highest BCUT2D eigenvalue weighted by Crippen LogP contribution is 2.37. The Morgan fingerprint density at radius 1 is 1.29 bits per heavy atom. The molecule has 0 amide bonds. The van der Waals surface area contributed by atoms with Crippen molar-refractivity contribution in [2.75, 3.05) is 6.54 Å². The lowest BCUT2D eigenvalue weighted by atomic mass is 10.2. The molecule has 3 heterocycles. The second-order valence-electron chi connectivity index (χ2n) is 6.90. The molecular weight excluding hydrogens is 318 g/mol. The SMILES string of the molecule is CC(C)Cn1ncnc1CN1CCCC1c1nc2ccccc2s1. The third-order valence-corrected chi connectivity index (χ3v) is 5.68. The van der Waals surface area contributed by atoms with Gasteiger partial charge in [0, 0.05) is 6.54 Å². The van der Waals surface area contributed by atoms with Crippen LogP contribution in [-0.2, 0) is 13.1 Å². The van der Waals surface area contributed by atoms with Crippen molar-refractivity contribution in [1.82, 2.24) is 24.6 Å². The van der Waals surface area contributed by atoms with E-state index < -0.39 is 0 Å². The minimum Gasteiger partial charge on any atom is -0.287 e. The summed E-state index contributed by atoms with van der Waals surface area (Å²) in [5.74, 6) is 1.64. The van der Waals surface area contributed by atoms with Gasteiger partial charge in [0.25, 0.3) is 0 Å². The maximum absolute atomic E-state index is 4.88. The zero-order valence-electron chi connectivity index (χ0n) is 14.2. The van der Waals surface area contributed by atoms with Crippen molar-refractivity contribution in [1.29, 1.82) is 0 Å². The number of benzene rings is 1. The second kappa shape index (κ2) is 6.61. The van der Waals surface area contributed by atoms with Crippen LogP contribution in [0.2, 0.25) is 0 Å². The molecule has 0 aliphatic carbocycles. The average Bonchev–Trinajstić information content (AvgIpc) is 3.27. The van der Waals surface area contributed by atoms with Crippen LogP contribution in [0.4, 0.5) is 0 Å². The molecule has 0 bridgehead atoms. The van der Waals surface area contributed by atoms with E-state index >= 15 is 0 Å². The first-order chi connectivity index (χ1) is 11.7. The van der Waals surface area contributed by atoms with E-state index in [2.05, 4.69) is 57.8 Å². The van der Waals surface area contributed by atoms with Crippen molar-refractivity contribution in [3.05, 3.63) is 41.4 Å². The number of likely N-dealkylation sites (tertiary alicyclic amines) is 1. The lowest BCUT2D eigenvalue weighted by Crippen LogP contribution is -2.25. The van der Waals surface area contributed by atoms with Gasteiger partial charge >= 0.3 is 0 Å². The summed E-state index contributed by atoms with van der Waals surface area (Å²) in [5.41, 5.74) is 1.12. The number of hydrogen-bond acceptors (Lipinski definition) is 5. The van der Waals surface area contributed by atoms with Gasteiger partial charge in [-0.05, 0) is 37.4 Å². The summed E-state index contributed by atoms with van der Waals surface area (Å²) in [6.07, 6.45) is 4.08. The van der Waals surface area contributed by atoms with Gasteiger partial charge in [-0.15, -0.1) is 11.3 Å². The Balaban J connectivity index is 1.56. The predicted molar refractivity (Wildman–Crippen MR) is 96.9 cm³/mol. The fourth-order valence-corrected chi connectivity index (χ4v) is 4.56. The molecule has 1 aromatic carbocycles. The smallest absolute Gasteiger partial charge is 0.141 e. The molecule has 24 heavy (non-hydrogen) atoms. The van der Waals surface area contributed by atoms with Crippen LogP contribution < -0.4 is 0 Å². The highest BCUT2D eigenvalue weighted by molar-refractivity contribution is 7.18. The molecule has 3 aromatic rings. The third kappa shape index (κ3) is 3.08. The zero-order valence-corrected chi connectivity index (χ0v) is 15.0. The van der Waals surface area contributed by atoms with Crippen molar-refractivity contribution in [2.24, 2.45) is 5.92 Å². The molecule has 4 rings (SSSR count). The molecule has 0 N–H and O–H groups in total. The molecular formula is C18H23N5S. The van der Waals surface area contributed by atoms with Gasteiger partial charge in [-0.25, -0.2) is 14.6 Å². The largest absolute Gasteiger partial charge is 0.287 e. The van der Waals surface area contributed by atoms with Crippen molar-refractivity contribution >= 4 is 21.6 Å². The van der Waals surface area contributed by atoms with Gasteiger partial charge in [-0.1, -0.05) is 26.0 Å². The van der Waals surface area contributed by atoms with Gasteiger partial charge in [0.2, 0.25) is 0 Å². The first-order valence-corrected chi connectivity index (χ1v) is 9.48. The molecule has 1 fully saturated rings. The van der Waals surface area contributed by atoms with Crippen LogP contribution in [0.25, 0.3) is 10.2 Å². The van der Waals surface area contributed by atoms with Crippen molar-refractivity contribution in [3.8, 4) is 0 Å². The Morgan fingerprint density at radius 2 is 2.17 bits per heavy atom. The fraction of sp³-hybridized carbons (Fsp3) is 0.500. The van der Waals surface area contributed by atoms with E-state index in [1.165, 1.54) is 22.5 Å². The van der Waals surface area contributed by atoms with Crippen LogP contribution >= 0.6 is 11.3 Å². The quantitative estimate of drug-likeness (QED) is 0.706. The molecule has 1 aliphatic heterocycles. The van der Waals surface area contributed by atoms with Crippen molar-refractivity contribution in [3.63, 3.8) is 0 Å². The van der Waals surface area contributed by atoms with E-state index in [9.17, 15) is 0 Å². The van der Waals surface area contributed by atoms with Crippen LogP contribution in [-0.4, -0.2) is 31.2 Å². The van der Waals surface area contributed by atoms with Gasteiger partial charge < -0.3 is 0 Å². The molecule has 1 saturated heterocycles. The van der Waals surface area contributed by atoms with Crippen molar-refractivity contribution in [2.45, 2.75) is 45.8 Å². The summed E-state index contributed by atoms with van der Waals surface area (Å²) < 4.78 is 3.33. The number of para-hydroxylation sites is 1. The molecule has 0 spiro atoms. The summed E-state index contributed by atoms with van der Waals surface area (Å²) in [7, 11) is 0. The number of thiazole rings is 1. The summed E-state index contributed by atoms with van der Waals surface area (Å²) >= 11 is 1.83. The zero-order chi connectivity index (χ0) is 16.5.